The molecule has 0 N–H and O–H groups in total. The van der Waals surface area contributed by atoms with Crippen LogP contribution in [-0.2, 0) is 26.3 Å². The molecule has 0 saturated heterocycles. The zero-order valence-electron chi connectivity index (χ0n) is 15.8. The van der Waals surface area contributed by atoms with Crippen LogP contribution in [0.1, 0.15) is 5.82 Å². The van der Waals surface area contributed by atoms with E-state index < -0.39 is 12.0 Å². The number of pyridine rings is 2. The van der Waals surface area contributed by atoms with Crippen molar-refractivity contribution in [2.24, 2.45) is 0 Å². The third-order valence-corrected chi connectivity index (χ3v) is 3.61. The van der Waals surface area contributed by atoms with Gasteiger partial charge in [-0.25, -0.2) is 0 Å². The van der Waals surface area contributed by atoms with Crippen molar-refractivity contribution >= 4 is 0 Å². The normalized spacial score (nSPS) is 10.5. The minimum Gasteiger partial charge on any atom is -0.540 e. The Hall–Kier alpha value is -3.17. The number of benzene rings is 1. The van der Waals surface area contributed by atoms with Gasteiger partial charge < -0.3 is 19.8 Å². The van der Waals surface area contributed by atoms with Crippen LogP contribution in [0.4, 0.5) is 17.6 Å². The molecule has 0 amide bonds. The van der Waals surface area contributed by atoms with Gasteiger partial charge in [-0.3, -0.25) is 14.5 Å². The van der Waals surface area contributed by atoms with Crippen molar-refractivity contribution in [1.82, 2.24) is 25.1 Å². The first kappa shape index (κ1) is 24.1. The number of hydrogen-bond acceptors (Lipinski definition) is 5. The standard InChI is InChI=1S/C12H9FNO.C8H4F3N4.Ir/c1-15-12-8-9(13)5-6-10(12)11-4-2-3-7-14-11;9-8(10,11)7-13-6(14-15-7)5-3-1-2-4-12-5;/h2-5,7-8H,1H3;1-4H;/q2*-1;. The van der Waals surface area contributed by atoms with Gasteiger partial charge in [0.25, 0.3) is 0 Å². The van der Waals surface area contributed by atoms with Crippen molar-refractivity contribution in [3.63, 3.8) is 0 Å². The molecule has 0 unspecified atom stereocenters. The molecule has 0 atom stereocenters. The van der Waals surface area contributed by atoms with Gasteiger partial charge in [0.2, 0.25) is 0 Å². The summed E-state index contributed by atoms with van der Waals surface area (Å²) in [5.74, 6) is -1.30. The summed E-state index contributed by atoms with van der Waals surface area (Å²) in [6.45, 7) is 0. The van der Waals surface area contributed by atoms with Crippen LogP contribution in [0.15, 0.2) is 60.9 Å². The van der Waals surface area contributed by atoms with E-state index in [4.69, 9.17) is 4.74 Å². The van der Waals surface area contributed by atoms with Crippen molar-refractivity contribution in [1.29, 1.82) is 0 Å². The molecule has 0 aliphatic carbocycles. The fourth-order valence-corrected chi connectivity index (χ4v) is 2.29. The summed E-state index contributed by atoms with van der Waals surface area (Å²) in [4.78, 5) is 11.2. The second-order valence-electron chi connectivity index (χ2n) is 5.65. The Morgan fingerprint density at radius 1 is 1.00 bits per heavy atom. The summed E-state index contributed by atoms with van der Waals surface area (Å²) in [6.07, 6.45) is -1.45. The molecule has 31 heavy (non-hydrogen) atoms. The van der Waals surface area contributed by atoms with E-state index >= 15 is 0 Å². The third kappa shape index (κ3) is 6.40. The minimum absolute atomic E-state index is 0. The molecule has 4 rings (SSSR count). The van der Waals surface area contributed by atoms with Gasteiger partial charge in [-0.1, -0.05) is 29.8 Å². The number of methoxy groups -OCH3 is 1. The predicted octanol–water partition coefficient (Wildman–Crippen LogP) is 4.21. The monoisotopic (exact) mass is 608 g/mol. The first-order valence-electron chi connectivity index (χ1n) is 8.41. The average Bonchev–Trinajstić information content (AvgIpc) is 3.26. The average molecular weight is 608 g/mol. The first-order valence-corrected chi connectivity index (χ1v) is 8.41. The summed E-state index contributed by atoms with van der Waals surface area (Å²) in [5.41, 5.74) is 1.65. The second-order valence-corrected chi connectivity index (χ2v) is 5.65. The van der Waals surface area contributed by atoms with E-state index in [1.807, 2.05) is 18.2 Å². The summed E-state index contributed by atoms with van der Waals surface area (Å²) in [7, 11) is 1.50. The fourth-order valence-electron chi connectivity index (χ4n) is 2.29. The molecule has 1 radical (unpaired) electrons. The number of nitrogens with zero attached hydrogens (tertiary/aromatic N) is 5. The maximum atomic E-state index is 12.9. The van der Waals surface area contributed by atoms with Gasteiger partial charge in [-0.05, 0) is 29.7 Å². The molecule has 6 nitrogen and oxygen atoms in total. The molecular formula is C20H13F4IrN5O-2. The second kappa shape index (κ2) is 10.7. The molecule has 4 aromatic rings. The topological polar surface area (TPSA) is 74.9 Å². The van der Waals surface area contributed by atoms with Gasteiger partial charge >= 0.3 is 6.18 Å². The van der Waals surface area contributed by atoms with E-state index in [0.29, 0.717) is 17.0 Å². The van der Waals surface area contributed by atoms with Crippen molar-refractivity contribution in [3.05, 3.63) is 78.6 Å². The molecule has 11 heteroatoms. The summed E-state index contributed by atoms with van der Waals surface area (Å²) < 4.78 is 54.4. The number of rotatable bonds is 3. The zero-order valence-corrected chi connectivity index (χ0v) is 18.2. The van der Waals surface area contributed by atoms with Crippen LogP contribution >= 0.6 is 0 Å². The van der Waals surface area contributed by atoms with Crippen molar-refractivity contribution < 1.29 is 42.4 Å². The first-order chi connectivity index (χ1) is 14.4. The van der Waals surface area contributed by atoms with E-state index in [-0.39, 0.29) is 37.4 Å². The molecule has 0 bridgehead atoms. The van der Waals surface area contributed by atoms with Gasteiger partial charge in [0.1, 0.15) is 5.82 Å². The zero-order chi connectivity index (χ0) is 21.6. The third-order valence-electron chi connectivity index (χ3n) is 3.61. The van der Waals surface area contributed by atoms with Crippen LogP contribution in [0.3, 0.4) is 0 Å². The largest absolute Gasteiger partial charge is 0.540 e. The SMILES string of the molecule is COc1cc(F)c[c-]c1-c1ccccn1.FC(F)(F)c1n[n-]c(-c2ccccn2)n1.[Ir]. The molecule has 0 saturated carbocycles. The Balaban J connectivity index is 0.000000213. The molecule has 0 aliphatic heterocycles. The predicted molar refractivity (Wildman–Crippen MR) is 98.6 cm³/mol. The van der Waals surface area contributed by atoms with Crippen LogP contribution in [0.5, 0.6) is 5.75 Å². The smallest absolute Gasteiger partial charge is 0.429 e. The van der Waals surface area contributed by atoms with Crippen LogP contribution in [0.2, 0.25) is 0 Å². The molecule has 0 fully saturated rings. The Bertz CT molecular complexity index is 1090. The Kier molecular flexibility index (Phi) is 8.35. The number of ether oxygens (including phenoxy) is 1. The van der Waals surface area contributed by atoms with Crippen LogP contribution < -0.4 is 9.84 Å². The molecule has 0 spiro atoms. The van der Waals surface area contributed by atoms with E-state index in [9.17, 15) is 17.6 Å². The minimum atomic E-state index is -4.57. The maximum absolute atomic E-state index is 12.9. The summed E-state index contributed by atoms with van der Waals surface area (Å²) in [6, 6.07) is 15.7. The van der Waals surface area contributed by atoms with Gasteiger partial charge in [0.15, 0.2) is 0 Å². The Labute approximate surface area is 188 Å². The van der Waals surface area contributed by atoms with Gasteiger partial charge in [0.05, 0.1) is 12.8 Å². The molecule has 3 aromatic heterocycles. The maximum Gasteiger partial charge on any atom is 0.429 e. The number of alkyl halides is 3. The molecule has 3 heterocycles. The summed E-state index contributed by atoms with van der Waals surface area (Å²) >= 11 is 0. The van der Waals surface area contributed by atoms with Crippen LogP contribution in [0, 0.1) is 11.9 Å². The number of halogens is 4. The van der Waals surface area contributed by atoms with E-state index in [1.165, 1.54) is 31.5 Å². The van der Waals surface area contributed by atoms with E-state index in [1.54, 1.807) is 18.3 Å². The van der Waals surface area contributed by atoms with Crippen molar-refractivity contribution in [2.75, 3.05) is 7.11 Å². The van der Waals surface area contributed by atoms with E-state index in [0.717, 1.165) is 0 Å². The Morgan fingerprint density at radius 2 is 1.65 bits per heavy atom. The van der Waals surface area contributed by atoms with Crippen molar-refractivity contribution in [2.45, 2.75) is 6.18 Å². The van der Waals surface area contributed by atoms with Crippen LogP contribution in [0.25, 0.3) is 22.8 Å². The van der Waals surface area contributed by atoms with Gasteiger partial charge in [0, 0.05) is 44.1 Å². The van der Waals surface area contributed by atoms with E-state index in [2.05, 4.69) is 31.2 Å². The van der Waals surface area contributed by atoms with Gasteiger partial charge in [-0.2, -0.15) is 13.2 Å². The molecule has 0 aliphatic rings. The number of aromatic nitrogens is 5. The molecular weight excluding hydrogens is 594 g/mol. The molecule has 163 valence electrons. The Morgan fingerprint density at radius 3 is 2.16 bits per heavy atom. The van der Waals surface area contributed by atoms with Crippen LogP contribution in [-0.4, -0.2) is 27.2 Å². The summed E-state index contributed by atoms with van der Waals surface area (Å²) in [5, 5.41) is 6.25. The van der Waals surface area contributed by atoms with Gasteiger partial charge in [-0.15, -0.1) is 12.1 Å². The quantitative estimate of drug-likeness (QED) is 0.257. The fraction of sp³-hybridized carbons (Fsp3) is 0.100. The van der Waals surface area contributed by atoms with Crippen molar-refractivity contribution in [3.8, 4) is 28.5 Å². The molecule has 1 aromatic carbocycles. The number of hydrogen-bond donors (Lipinski definition) is 0.